The first-order valence-electron chi connectivity index (χ1n) is 8.24. The van der Waals surface area contributed by atoms with Crippen LogP contribution >= 0.6 is 11.3 Å². The summed E-state index contributed by atoms with van der Waals surface area (Å²) >= 11 is 1.61. The van der Waals surface area contributed by atoms with Crippen LogP contribution in [-0.2, 0) is 6.42 Å². The molecule has 0 saturated heterocycles. The average molecular weight is 347 g/mol. The Labute approximate surface area is 147 Å². The molecule has 0 aliphatic carbocycles. The van der Waals surface area contributed by atoms with Crippen LogP contribution in [0.2, 0.25) is 0 Å². The number of thiazole rings is 1. The van der Waals surface area contributed by atoms with Gasteiger partial charge in [-0.15, -0.1) is 11.3 Å². The fourth-order valence-electron chi connectivity index (χ4n) is 2.34. The number of carbonyl (C=O) groups excluding carboxylic acids is 1. The maximum Gasteiger partial charge on any atom is 0.314 e. The minimum absolute atomic E-state index is 0.253. The number of amides is 2. The molecule has 2 amide bonds. The molecule has 0 aliphatic heterocycles. The van der Waals surface area contributed by atoms with E-state index in [0.29, 0.717) is 25.3 Å². The van der Waals surface area contributed by atoms with Gasteiger partial charge in [-0.25, -0.2) is 9.78 Å². The van der Waals surface area contributed by atoms with Gasteiger partial charge in [-0.2, -0.15) is 0 Å². The maximum absolute atomic E-state index is 11.7. The second-order valence-electron chi connectivity index (χ2n) is 6.18. The second kappa shape index (κ2) is 9.39. The summed E-state index contributed by atoms with van der Waals surface area (Å²) in [7, 11) is 0. The molecular formula is C18H25N3O2S. The van der Waals surface area contributed by atoms with E-state index < -0.39 is 6.10 Å². The van der Waals surface area contributed by atoms with Crippen LogP contribution in [-0.4, -0.2) is 35.3 Å². The Kier molecular flexibility index (Phi) is 7.21. The third-order valence-electron chi connectivity index (χ3n) is 3.48. The summed E-state index contributed by atoms with van der Waals surface area (Å²) in [5.74, 6) is 0.410. The van der Waals surface area contributed by atoms with E-state index in [0.717, 1.165) is 16.3 Å². The molecular weight excluding hydrogens is 322 g/mol. The summed E-state index contributed by atoms with van der Waals surface area (Å²) in [5, 5.41) is 18.2. The minimum atomic E-state index is -0.497. The molecule has 2 rings (SSSR count). The molecule has 1 heterocycles. The number of carbonyl (C=O) groups is 1. The van der Waals surface area contributed by atoms with E-state index in [4.69, 9.17) is 0 Å². The molecule has 130 valence electrons. The molecule has 6 heteroatoms. The summed E-state index contributed by atoms with van der Waals surface area (Å²) in [6.07, 6.45) is 0.870. The molecule has 0 radical (unpaired) electrons. The van der Waals surface area contributed by atoms with Crippen LogP contribution in [0.3, 0.4) is 0 Å². The molecule has 0 fully saturated rings. The molecule has 0 bridgehead atoms. The molecule has 1 aromatic heterocycles. The third-order valence-corrected chi connectivity index (χ3v) is 4.42. The number of aliphatic hydroxyl groups is 1. The zero-order chi connectivity index (χ0) is 17.4. The summed E-state index contributed by atoms with van der Waals surface area (Å²) in [6.45, 7) is 4.88. The topological polar surface area (TPSA) is 74.2 Å². The van der Waals surface area contributed by atoms with Crippen LogP contribution in [0.5, 0.6) is 0 Å². The van der Waals surface area contributed by atoms with Crippen LogP contribution in [0.15, 0.2) is 35.7 Å². The first-order valence-corrected chi connectivity index (χ1v) is 9.12. The van der Waals surface area contributed by atoms with E-state index in [-0.39, 0.29) is 12.6 Å². The lowest BCUT2D eigenvalue weighted by atomic mass is 10.1. The molecule has 0 saturated carbocycles. The van der Waals surface area contributed by atoms with Crippen LogP contribution in [0.4, 0.5) is 4.79 Å². The van der Waals surface area contributed by atoms with Crippen LogP contribution in [0.25, 0.3) is 10.6 Å². The Morgan fingerprint density at radius 1 is 1.25 bits per heavy atom. The fraction of sp³-hybridized carbons (Fsp3) is 0.444. The van der Waals surface area contributed by atoms with Gasteiger partial charge in [-0.1, -0.05) is 44.2 Å². The lowest BCUT2D eigenvalue weighted by Crippen LogP contribution is -2.40. The Morgan fingerprint density at radius 3 is 2.71 bits per heavy atom. The van der Waals surface area contributed by atoms with Crippen LogP contribution in [0, 0.1) is 5.92 Å². The lowest BCUT2D eigenvalue weighted by Gasteiger charge is -2.14. The van der Waals surface area contributed by atoms with Crippen molar-refractivity contribution in [1.29, 1.82) is 0 Å². The molecule has 1 atom stereocenters. The largest absolute Gasteiger partial charge is 0.391 e. The fourth-order valence-corrected chi connectivity index (χ4v) is 3.20. The van der Waals surface area contributed by atoms with Gasteiger partial charge in [0.15, 0.2) is 0 Å². The molecule has 3 N–H and O–H groups in total. The van der Waals surface area contributed by atoms with Crippen LogP contribution < -0.4 is 10.6 Å². The number of aliphatic hydroxyl groups excluding tert-OH is 1. The molecule has 0 spiro atoms. The van der Waals surface area contributed by atoms with Crippen molar-refractivity contribution in [2.75, 3.05) is 13.1 Å². The highest BCUT2D eigenvalue weighted by molar-refractivity contribution is 7.13. The summed E-state index contributed by atoms with van der Waals surface area (Å²) in [4.78, 5) is 16.3. The Hall–Kier alpha value is -1.92. The van der Waals surface area contributed by atoms with E-state index in [1.54, 1.807) is 11.3 Å². The Bertz CT molecular complexity index is 628. The number of hydrogen-bond donors (Lipinski definition) is 3. The van der Waals surface area contributed by atoms with Crippen molar-refractivity contribution in [3.63, 3.8) is 0 Å². The van der Waals surface area contributed by atoms with Gasteiger partial charge >= 0.3 is 6.03 Å². The number of nitrogens with zero attached hydrogens (tertiary/aromatic N) is 1. The smallest absolute Gasteiger partial charge is 0.314 e. The van der Waals surface area contributed by atoms with Crippen molar-refractivity contribution in [2.45, 2.75) is 32.8 Å². The lowest BCUT2D eigenvalue weighted by molar-refractivity contribution is 0.147. The normalized spacial score (nSPS) is 12.2. The Morgan fingerprint density at radius 2 is 2.00 bits per heavy atom. The molecule has 2 aromatic rings. The van der Waals surface area contributed by atoms with Crippen molar-refractivity contribution in [2.24, 2.45) is 5.92 Å². The first-order chi connectivity index (χ1) is 11.5. The Balaban J connectivity index is 1.69. The van der Waals surface area contributed by atoms with Gasteiger partial charge in [0, 0.05) is 30.5 Å². The summed E-state index contributed by atoms with van der Waals surface area (Å²) < 4.78 is 0. The first kappa shape index (κ1) is 18.4. The third kappa shape index (κ3) is 6.29. The second-order valence-corrected chi connectivity index (χ2v) is 7.04. The van der Waals surface area contributed by atoms with Gasteiger partial charge < -0.3 is 15.7 Å². The number of aromatic nitrogens is 1. The van der Waals surface area contributed by atoms with E-state index >= 15 is 0 Å². The minimum Gasteiger partial charge on any atom is -0.391 e. The number of urea groups is 1. The van der Waals surface area contributed by atoms with E-state index in [1.807, 2.05) is 49.6 Å². The maximum atomic E-state index is 11.7. The number of benzene rings is 1. The number of nitrogens with one attached hydrogen (secondary N) is 2. The van der Waals surface area contributed by atoms with Gasteiger partial charge in [-0.3, -0.25) is 0 Å². The highest BCUT2D eigenvalue weighted by atomic mass is 32.1. The summed E-state index contributed by atoms with van der Waals surface area (Å²) in [5.41, 5.74) is 2.08. The molecule has 1 unspecified atom stereocenters. The summed E-state index contributed by atoms with van der Waals surface area (Å²) in [6, 6.07) is 9.80. The van der Waals surface area contributed by atoms with Gasteiger partial charge in [-0.05, 0) is 12.3 Å². The van der Waals surface area contributed by atoms with Crippen molar-refractivity contribution >= 4 is 17.4 Å². The molecule has 0 aliphatic rings. The quantitative estimate of drug-likeness (QED) is 0.687. The predicted molar refractivity (Wildman–Crippen MR) is 98.1 cm³/mol. The van der Waals surface area contributed by atoms with Crippen LogP contribution in [0.1, 0.15) is 26.0 Å². The zero-order valence-corrected chi connectivity index (χ0v) is 15.0. The molecule has 24 heavy (non-hydrogen) atoms. The average Bonchev–Trinajstić information content (AvgIpc) is 3.02. The number of hydrogen-bond acceptors (Lipinski definition) is 4. The molecule has 5 nitrogen and oxygen atoms in total. The van der Waals surface area contributed by atoms with Gasteiger partial charge in [0.1, 0.15) is 5.01 Å². The van der Waals surface area contributed by atoms with E-state index in [2.05, 4.69) is 15.6 Å². The van der Waals surface area contributed by atoms with E-state index in [9.17, 15) is 9.90 Å². The van der Waals surface area contributed by atoms with Gasteiger partial charge in [0.2, 0.25) is 0 Å². The van der Waals surface area contributed by atoms with Gasteiger partial charge in [0.05, 0.1) is 11.8 Å². The number of rotatable bonds is 8. The predicted octanol–water partition coefficient (Wildman–Crippen LogP) is 3.06. The standard InChI is InChI=1S/C18H25N3O2S/c1-13(2)10-16(22)11-20-18(23)19-9-8-15-12-24-17(21-15)14-6-4-3-5-7-14/h3-7,12-13,16,22H,8-11H2,1-2H3,(H2,19,20,23). The highest BCUT2D eigenvalue weighted by Crippen LogP contribution is 2.23. The monoisotopic (exact) mass is 347 g/mol. The highest BCUT2D eigenvalue weighted by Gasteiger charge is 2.09. The zero-order valence-electron chi connectivity index (χ0n) is 14.2. The van der Waals surface area contributed by atoms with Crippen molar-refractivity contribution < 1.29 is 9.90 Å². The van der Waals surface area contributed by atoms with Crippen molar-refractivity contribution in [3.05, 3.63) is 41.4 Å². The van der Waals surface area contributed by atoms with Crippen molar-refractivity contribution in [1.82, 2.24) is 15.6 Å². The SMILES string of the molecule is CC(C)CC(O)CNC(=O)NCCc1csc(-c2ccccc2)n1. The molecule has 1 aromatic carbocycles. The van der Waals surface area contributed by atoms with Gasteiger partial charge in [0.25, 0.3) is 0 Å². The van der Waals surface area contributed by atoms with E-state index in [1.165, 1.54) is 0 Å². The van der Waals surface area contributed by atoms with Crippen molar-refractivity contribution in [3.8, 4) is 10.6 Å².